The molecule has 1 fully saturated rings. The molecule has 3 nitrogen and oxygen atoms in total. The largest absolute Gasteiger partial charge is 0.353 e. The van der Waals surface area contributed by atoms with Crippen LogP contribution in [0.5, 0.6) is 0 Å². The third-order valence-corrected chi connectivity index (χ3v) is 2.54. The van der Waals surface area contributed by atoms with Crippen LogP contribution in [0, 0.1) is 0 Å². The van der Waals surface area contributed by atoms with E-state index in [4.69, 9.17) is 0 Å². The molecule has 0 spiro atoms. The monoisotopic (exact) mass is 153 g/mol. The van der Waals surface area contributed by atoms with Crippen molar-refractivity contribution in [1.82, 2.24) is 10.2 Å². The van der Waals surface area contributed by atoms with E-state index in [1.165, 1.54) is 12.3 Å². The van der Waals surface area contributed by atoms with Crippen molar-refractivity contribution in [2.24, 2.45) is 4.99 Å². The van der Waals surface area contributed by atoms with E-state index in [9.17, 15) is 0 Å². The van der Waals surface area contributed by atoms with Crippen LogP contribution in [0.4, 0.5) is 0 Å². The molecule has 1 N–H and O–H groups in total. The third kappa shape index (κ3) is 1.13. The van der Waals surface area contributed by atoms with Gasteiger partial charge in [-0.3, -0.25) is 4.99 Å². The fraction of sp³-hybridized carbons (Fsp3) is 0.875. The summed E-state index contributed by atoms with van der Waals surface area (Å²) in [7, 11) is 0. The Morgan fingerprint density at radius 1 is 1.73 bits per heavy atom. The summed E-state index contributed by atoms with van der Waals surface area (Å²) in [6, 6.07) is 0.701. The van der Waals surface area contributed by atoms with Gasteiger partial charge in [0.25, 0.3) is 0 Å². The molecule has 0 aliphatic carbocycles. The highest BCUT2D eigenvalue weighted by molar-refractivity contribution is 5.86. The van der Waals surface area contributed by atoms with Gasteiger partial charge in [-0.25, -0.2) is 0 Å². The van der Waals surface area contributed by atoms with E-state index in [2.05, 4.69) is 22.1 Å². The van der Waals surface area contributed by atoms with Gasteiger partial charge < -0.3 is 10.2 Å². The van der Waals surface area contributed by atoms with Gasteiger partial charge in [0.15, 0.2) is 0 Å². The minimum atomic E-state index is 0.701. The summed E-state index contributed by atoms with van der Waals surface area (Å²) < 4.78 is 0. The van der Waals surface area contributed by atoms with Crippen LogP contribution in [-0.4, -0.2) is 43.0 Å². The zero-order chi connectivity index (χ0) is 7.68. The first-order valence-electron chi connectivity index (χ1n) is 4.42. The second-order valence-electron chi connectivity index (χ2n) is 3.19. The molecule has 62 valence electrons. The van der Waals surface area contributed by atoms with Crippen LogP contribution in [0.25, 0.3) is 0 Å². The van der Waals surface area contributed by atoms with E-state index >= 15 is 0 Å². The van der Waals surface area contributed by atoms with E-state index < -0.39 is 0 Å². The molecule has 3 heteroatoms. The zero-order valence-electron chi connectivity index (χ0n) is 7.01. The maximum Gasteiger partial charge on any atom is 0.113 e. The van der Waals surface area contributed by atoms with Gasteiger partial charge in [-0.1, -0.05) is 6.92 Å². The maximum atomic E-state index is 4.49. The van der Waals surface area contributed by atoms with Gasteiger partial charge in [0, 0.05) is 19.1 Å². The summed E-state index contributed by atoms with van der Waals surface area (Å²) in [4.78, 5) is 6.94. The van der Waals surface area contributed by atoms with Crippen LogP contribution in [0.1, 0.15) is 13.3 Å². The average Bonchev–Trinajstić information content (AvgIpc) is 2.47. The molecule has 0 bridgehead atoms. The molecule has 1 saturated heterocycles. The molecule has 0 amide bonds. The first-order chi connectivity index (χ1) is 5.42. The van der Waals surface area contributed by atoms with Crippen LogP contribution in [0.15, 0.2) is 4.99 Å². The van der Waals surface area contributed by atoms with Gasteiger partial charge in [0.2, 0.25) is 0 Å². The van der Waals surface area contributed by atoms with E-state index in [0.29, 0.717) is 6.04 Å². The zero-order valence-corrected chi connectivity index (χ0v) is 7.01. The van der Waals surface area contributed by atoms with Gasteiger partial charge in [0.1, 0.15) is 5.84 Å². The van der Waals surface area contributed by atoms with Crippen molar-refractivity contribution in [3.63, 3.8) is 0 Å². The summed E-state index contributed by atoms with van der Waals surface area (Å²) >= 11 is 0. The highest BCUT2D eigenvalue weighted by Gasteiger charge is 2.27. The lowest BCUT2D eigenvalue weighted by Gasteiger charge is -2.31. The number of nitrogens with zero attached hydrogens (tertiary/aromatic N) is 2. The van der Waals surface area contributed by atoms with Crippen molar-refractivity contribution in [1.29, 1.82) is 0 Å². The van der Waals surface area contributed by atoms with Crippen LogP contribution < -0.4 is 5.32 Å². The molecule has 0 aromatic rings. The van der Waals surface area contributed by atoms with E-state index in [-0.39, 0.29) is 0 Å². The second kappa shape index (κ2) is 2.81. The Morgan fingerprint density at radius 2 is 2.64 bits per heavy atom. The summed E-state index contributed by atoms with van der Waals surface area (Å²) in [6.45, 7) is 6.52. The second-order valence-corrected chi connectivity index (χ2v) is 3.19. The number of fused-ring (bicyclic) bond motifs is 1. The number of nitrogens with one attached hydrogen (secondary N) is 1. The third-order valence-electron chi connectivity index (χ3n) is 2.54. The van der Waals surface area contributed by atoms with Crippen molar-refractivity contribution in [3.05, 3.63) is 0 Å². The molecule has 0 saturated carbocycles. The molecule has 2 rings (SSSR count). The predicted octanol–water partition coefficient (Wildman–Crippen LogP) is 0.0823. The molecular weight excluding hydrogens is 138 g/mol. The summed E-state index contributed by atoms with van der Waals surface area (Å²) in [5.74, 6) is 1.28. The van der Waals surface area contributed by atoms with Gasteiger partial charge >= 0.3 is 0 Å². The standard InChI is InChI=1S/C8H15N3/c1-2-7-5-10-8-6-9-3-4-11(7)8/h7,9H,2-6H2,1H3. The Labute approximate surface area is 67.5 Å². The molecule has 2 aliphatic rings. The lowest BCUT2D eigenvalue weighted by molar-refractivity contribution is 0.313. The summed E-state index contributed by atoms with van der Waals surface area (Å²) in [5.41, 5.74) is 0. The number of hydrogen-bond donors (Lipinski definition) is 1. The Kier molecular flexibility index (Phi) is 1.82. The molecule has 11 heavy (non-hydrogen) atoms. The van der Waals surface area contributed by atoms with Crippen LogP contribution in [0.3, 0.4) is 0 Å². The average molecular weight is 153 g/mol. The Balaban J connectivity index is 2.05. The topological polar surface area (TPSA) is 27.6 Å². The maximum absolute atomic E-state index is 4.49. The quantitative estimate of drug-likeness (QED) is 0.578. The first-order valence-corrected chi connectivity index (χ1v) is 4.42. The highest BCUT2D eigenvalue weighted by atomic mass is 15.3. The fourth-order valence-corrected chi connectivity index (χ4v) is 1.83. The Hall–Kier alpha value is -0.570. The molecule has 2 heterocycles. The summed E-state index contributed by atoms with van der Waals surface area (Å²) in [5, 5.41) is 3.33. The van der Waals surface area contributed by atoms with Crippen molar-refractivity contribution in [2.45, 2.75) is 19.4 Å². The molecule has 1 unspecified atom stereocenters. The van der Waals surface area contributed by atoms with Crippen LogP contribution in [0.2, 0.25) is 0 Å². The molecule has 1 atom stereocenters. The van der Waals surface area contributed by atoms with Gasteiger partial charge in [0.05, 0.1) is 13.1 Å². The van der Waals surface area contributed by atoms with E-state index in [1.807, 2.05) is 0 Å². The minimum Gasteiger partial charge on any atom is -0.353 e. The number of hydrogen-bond acceptors (Lipinski definition) is 3. The SMILES string of the molecule is CCC1CN=C2CNCCN21. The summed E-state index contributed by atoms with van der Waals surface area (Å²) in [6.07, 6.45) is 1.23. The highest BCUT2D eigenvalue weighted by Crippen LogP contribution is 2.14. The lowest BCUT2D eigenvalue weighted by Crippen LogP contribution is -2.49. The number of rotatable bonds is 1. The molecular formula is C8H15N3. The predicted molar refractivity (Wildman–Crippen MR) is 46.0 cm³/mol. The van der Waals surface area contributed by atoms with Crippen molar-refractivity contribution >= 4 is 5.84 Å². The first kappa shape index (κ1) is 7.10. The fourth-order valence-electron chi connectivity index (χ4n) is 1.83. The molecule has 0 aromatic carbocycles. The normalized spacial score (nSPS) is 30.1. The van der Waals surface area contributed by atoms with Crippen molar-refractivity contribution in [3.8, 4) is 0 Å². The number of aliphatic imine (C=N–C) groups is 1. The van der Waals surface area contributed by atoms with Crippen molar-refractivity contribution < 1.29 is 0 Å². The Morgan fingerprint density at radius 3 is 3.45 bits per heavy atom. The number of piperazine rings is 1. The lowest BCUT2D eigenvalue weighted by atomic mass is 10.2. The molecule has 0 radical (unpaired) electrons. The van der Waals surface area contributed by atoms with Crippen molar-refractivity contribution in [2.75, 3.05) is 26.2 Å². The smallest absolute Gasteiger partial charge is 0.113 e. The van der Waals surface area contributed by atoms with Crippen LogP contribution in [-0.2, 0) is 0 Å². The van der Waals surface area contributed by atoms with Crippen LogP contribution >= 0.6 is 0 Å². The molecule has 0 aromatic heterocycles. The van der Waals surface area contributed by atoms with E-state index in [1.54, 1.807) is 0 Å². The number of amidine groups is 1. The Bertz CT molecular complexity index is 176. The van der Waals surface area contributed by atoms with Gasteiger partial charge in [-0.15, -0.1) is 0 Å². The minimum absolute atomic E-state index is 0.701. The molecule has 2 aliphatic heterocycles. The van der Waals surface area contributed by atoms with Gasteiger partial charge in [-0.05, 0) is 6.42 Å². The van der Waals surface area contributed by atoms with E-state index in [0.717, 1.165) is 26.2 Å². The van der Waals surface area contributed by atoms with Gasteiger partial charge in [-0.2, -0.15) is 0 Å².